The molecular weight excluding hydrogens is 470 g/mol. The molecule has 0 fully saturated rings. The Morgan fingerprint density at radius 2 is 1.88 bits per heavy atom. The lowest BCUT2D eigenvalue weighted by Gasteiger charge is -2.19. The van der Waals surface area contributed by atoms with Crippen LogP contribution in [0.4, 0.5) is 5.69 Å². The van der Waals surface area contributed by atoms with Crippen molar-refractivity contribution in [1.82, 2.24) is 9.29 Å². The van der Waals surface area contributed by atoms with Crippen molar-refractivity contribution >= 4 is 44.5 Å². The van der Waals surface area contributed by atoms with E-state index in [0.717, 1.165) is 0 Å². The second-order valence-electron chi connectivity index (χ2n) is 7.07. The predicted octanol–water partition coefficient (Wildman–Crippen LogP) is 2.19. The van der Waals surface area contributed by atoms with Crippen LogP contribution in [-0.4, -0.2) is 51.2 Å². The van der Waals surface area contributed by atoms with E-state index < -0.39 is 27.7 Å². The van der Waals surface area contributed by atoms with Gasteiger partial charge in [0.2, 0.25) is 15.9 Å². The highest BCUT2D eigenvalue weighted by Gasteiger charge is 2.26. The molecular formula is C21H25N3O7S2. The second-order valence-corrected chi connectivity index (χ2v) is 9.77. The SMILES string of the molecule is COc1ccc(NC(=O)C(CCSC)NS(=O)(=O)c2ccc3c(c2)oc(=O)n3C)cc1OC. The molecule has 0 saturated heterocycles. The van der Waals surface area contributed by atoms with Gasteiger partial charge in [0.15, 0.2) is 17.1 Å². The van der Waals surface area contributed by atoms with Crippen LogP contribution in [0, 0.1) is 0 Å². The summed E-state index contributed by atoms with van der Waals surface area (Å²) in [7, 11) is 0.421. The molecule has 1 aromatic heterocycles. The Morgan fingerprint density at radius 3 is 2.55 bits per heavy atom. The first-order valence-electron chi connectivity index (χ1n) is 9.84. The number of ether oxygens (including phenoxy) is 2. The molecule has 2 aromatic carbocycles. The molecule has 0 saturated carbocycles. The highest BCUT2D eigenvalue weighted by atomic mass is 32.2. The Bertz CT molecular complexity index is 1320. The number of nitrogens with zero attached hydrogens (tertiary/aromatic N) is 1. The van der Waals surface area contributed by atoms with Crippen molar-refractivity contribution in [2.75, 3.05) is 31.5 Å². The number of carbonyl (C=O) groups excluding carboxylic acids is 1. The number of sulfonamides is 1. The van der Waals surface area contributed by atoms with E-state index in [0.29, 0.717) is 28.5 Å². The van der Waals surface area contributed by atoms with Gasteiger partial charge in [-0.05, 0) is 42.7 Å². The van der Waals surface area contributed by atoms with Gasteiger partial charge in [0.05, 0.1) is 24.6 Å². The molecule has 33 heavy (non-hydrogen) atoms. The van der Waals surface area contributed by atoms with Crippen molar-refractivity contribution in [3.05, 3.63) is 46.9 Å². The lowest BCUT2D eigenvalue weighted by atomic mass is 10.2. The monoisotopic (exact) mass is 495 g/mol. The maximum Gasteiger partial charge on any atom is 0.419 e. The van der Waals surface area contributed by atoms with Crippen LogP contribution in [0.2, 0.25) is 0 Å². The van der Waals surface area contributed by atoms with Gasteiger partial charge in [0, 0.05) is 24.9 Å². The fraction of sp³-hybridized carbons (Fsp3) is 0.333. The van der Waals surface area contributed by atoms with Crippen molar-refractivity contribution in [2.24, 2.45) is 7.05 Å². The zero-order chi connectivity index (χ0) is 24.2. The van der Waals surface area contributed by atoms with Crippen molar-refractivity contribution in [1.29, 1.82) is 0 Å². The molecule has 10 nitrogen and oxygen atoms in total. The van der Waals surface area contributed by atoms with Crippen LogP contribution in [-0.2, 0) is 21.9 Å². The third kappa shape index (κ3) is 5.52. The summed E-state index contributed by atoms with van der Waals surface area (Å²) in [6.45, 7) is 0. The first-order chi connectivity index (χ1) is 15.7. The third-order valence-corrected chi connectivity index (χ3v) is 7.06. The van der Waals surface area contributed by atoms with E-state index in [9.17, 15) is 18.0 Å². The van der Waals surface area contributed by atoms with Crippen LogP contribution in [0.1, 0.15) is 6.42 Å². The molecule has 178 valence electrons. The molecule has 3 aromatic rings. The van der Waals surface area contributed by atoms with Gasteiger partial charge in [-0.1, -0.05) is 0 Å². The summed E-state index contributed by atoms with van der Waals surface area (Å²) < 4.78 is 45.3. The predicted molar refractivity (Wildman–Crippen MR) is 127 cm³/mol. The molecule has 1 unspecified atom stereocenters. The third-order valence-electron chi connectivity index (χ3n) is 4.95. The van der Waals surface area contributed by atoms with Crippen LogP contribution in [0.15, 0.2) is 50.5 Å². The number of aryl methyl sites for hydroxylation is 1. The number of nitrogens with one attached hydrogen (secondary N) is 2. The summed E-state index contributed by atoms with van der Waals surface area (Å²) in [5, 5.41) is 2.72. The number of thioether (sulfide) groups is 1. The van der Waals surface area contributed by atoms with Gasteiger partial charge in [-0.2, -0.15) is 16.5 Å². The maximum atomic E-state index is 13.0. The summed E-state index contributed by atoms with van der Waals surface area (Å²) in [4.78, 5) is 24.5. The molecule has 12 heteroatoms. The van der Waals surface area contributed by atoms with Gasteiger partial charge < -0.3 is 19.2 Å². The van der Waals surface area contributed by atoms with Crippen molar-refractivity contribution < 1.29 is 27.1 Å². The Balaban J connectivity index is 1.84. The second kappa shape index (κ2) is 10.3. The van der Waals surface area contributed by atoms with Crippen LogP contribution in [0.25, 0.3) is 11.1 Å². The normalized spacial score (nSPS) is 12.5. The van der Waals surface area contributed by atoms with E-state index in [1.54, 1.807) is 18.2 Å². The molecule has 0 radical (unpaired) electrons. The number of amides is 1. The Kier molecular flexibility index (Phi) is 7.72. The van der Waals surface area contributed by atoms with Crippen LogP contribution in [0.3, 0.4) is 0 Å². The summed E-state index contributed by atoms with van der Waals surface area (Å²) in [5.74, 6) is 0.359. The summed E-state index contributed by atoms with van der Waals surface area (Å²) >= 11 is 1.49. The van der Waals surface area contributed by atoms with Gasteiger partial charge in [0.1, 0.15) is 6.04 Å². The van der Waals surface area contributed by atoms with E-state index in [-0.39, 0.29) is 16.9 Å². The summed E-state index contributed by atoms with van der Waals surface area (Å²) in [5.41, 5.74) is 1.03. The molecule has 1 heterocycles. The topological polar surface area (TPSA) is 129 Å². The van der Waals surface area contributed by atoms with Crippen molar-refractivity contribution in [3.8, 4) is 11.5 Å². The number of carbonyl (C=O) groups is 1. The number of aromatic nitrogens is 1. The van der Waals surface area contributed by atoms with Crippen LogP contribution >= 0.6 is 11.8 Å². The minimum absolute atomic E-state index is 0.114. The molecule has 0 aliphatic carbocycles. The molecule has 0 aliphatic rings. The minimum Gasteiger partial charge on any atom is -0.493 e. The minimum atomic E-state index is -4.08. The highest BCUT2D eigenvalue weighted by Crippen LogP contribution is 2.30. The van der Waals surface area contributed by atoms with Gasteiger partial charge in [0.25, 0.3) is 0 Å². The molecule has 0 spiro atoms. The first-order valence-corrected chi connectivity index (χ1v) is 12.7. The van der Waals surface area contributed by atoms with Crippen molar-refractivity contribution in [2.45, 2.75) is 17.4 Å². The molecule has 0 aliphatic heterocycles. The van der Waals surface area contributed by atoms with E-state index in [2.05, 4.69) is 10.0 Å². The van der Waals surface area contributed by atoms with Gasteiger partial charge in [-0.25, -0.2) is 13.2 Å². The van der Waals surface area contributed by atoms with Crippen LogP contribution in [0.5, 0.6) is 11.5 Å². The van der Waals surface area contributed by atoms with Crippen LogP contribution < -0.4 is 25.3 Å². The van der Waals surface area contributed by atoms with Crippen molar-refractivity contribution in [3.63, 3.8) is 0 Å². The van der Waals surface area contributed by atoms with Gasteiger partial charge >= 0.3 is 5.76 Å². The zero-order valence-corrected chi connectivity index (χ0v) is 20.2. The number of hydrogen-bond acceptors (Lipinski definition) is 8. The number of benzene rings is 2. The number of hydrogen-bond donors (Lipinski definition) is 2. The average molecular weight is 496 g/mol. The first kappa shape index (κ1) is 24.7. The smallest absolute Gasteiger partial charge is 0.419 e. The molecule has 3 rings (SSSR count). The lowest BCUT2D eigenvalue weighted by molar-refractivity contribution is -0.117. The highest BCUT2D eigenvalue weighted by molar-refractivity contribution is 7.98. The Morgan fingerprint density at radius 1 is 1.15 bits per heavy atom. The summed E-state index contributed by atoms with van der Waals surface area (Å²) in [6.07, 6.45) is 2.13. The van der Waals surface area contributed by atoms with E-state index in [1.165, 1.54) is 55.8 Å². The molecule has 2 N–H and O–H groups in total. The average Bonchev–Trinajstić information content (AvgIpc) is 3.09. The Labute approximate surface area is 195 Å². The quantitative estimate of drug-likeness (QED) is 0.438. The standard InChI is InChI=1S/C21H25N3O7S2/c1-24-16-7-6-14(12-18(16)31-21(24)26)33(27,28)23-15(9-10-32-4)20(25)22-13-5-8-17(29-2)19(11-13)30-3/h5-8,11-12,15,23H,9-10H2,1-4H3,(H,22,25). The number of methoxy groups -OCH3 is 2. The molecule has 1 atom stereocenters. The number of fused-ring (bicyclic) bond motifs is 1. The van der Waals surface area contributed by atoms with Gasteiger partial charge in [-0.15, -0.1) is 0 Å². The molecule has 0 bridgehead atoms. The summed E-state index contributed by atoms with van der Waals surface area (Å²) in [6, 6.07) is 7.92. The van der Waals surface area contributed by atoms with Gasteiger partial charge in [-0.3, -0.25) is 9.36 Å². The fourth-order valence-electron chi connectivity index (χ4n) is 3.16. The Hall–Kier alpha value is -2.96. The zero-order valence-electron chi connectivity index (χ0n) is 18.6. The number of rotatable bonds is 10. The van der Waals surface area contributed by atoms with E-state index >= 15 is 0 Å². The van der Waals surface area contributed by atoms with E-state index in [4.69, 9.17) is 13.9 Å². The largest absolute Gasteiger partial charge is 0.493 e. The van der Waals surface area contributed by atoms with E-state index in [1.807, 2.05) is 6.26 Å². The maximum absolute atomic E-state index is 13.0. The number of oxazole rings is 1. The molecule has 1 amide bonds. The lowest BCUT2D eigenvalue weighted by Crippen LogP contribution is -2.44. The fourth-order valence-corrected chi connectivity index (χ4v) is 4.88. The number of anilines is 1.